The topological polar surface area (TPSA) is 128 Å². The number of alkyl halides is 1. The molecule has 4 atom stereocenters. The number of nitrogens with one attached hydrogen (secondary N) is 3. The minimum Gasteiger partial charge on any atom is -0.380 e. The maximum Gasteiger partial charge on any atom is 0.233 e. The van der Waals surface area contributed by atoms with Gasteiger partial charge in [-0.25, -0.2) is 19.2 Å². The van der Waals surface area contributed by atoms with Gasteiger partial charge in [-0.05, 0) is 0 Å². The van der Waals surface area contributed by atoms with Crippen LogP contribution < -0.4 is 26.7 Å². The molecule has 5 N–H and O–H groups in total. The minimum atomic E-state index is -1.07. The van der Waals surface area contributed by atoms with E-state index in [2.05, 4.69) is 21.0 Å². The van der Waals surface area contributed by atoms with Crippen LogP contribution in [0.1, 0.15) is 0 Å². The molecule has 4 aliphatic rings. The van der Waals surface area contributed by atoms with E-state index in [0.717, 1.165) is 6.20 Å². The van der Waals surface area contributed by atoms with E-state index in [1.807, 2.05) is 0 Å². The fraction of sp³-hybridized carbons (Fsp3) is 0.650. The van der Waals surface area contributed by atoms with Gasteiger partial charge in [-0.3, -0.25) is 19.9 Å². The summed E-state index contributed by atoms with van der Waals surface area (Å²) in [5, 5.41) is 7.37. The molecule has 0 bridgehead atoms. The molecule has 0 saturated carbocycles. The molecular weight excluding hydrogens is 438 g/mol. The van der Waals surface area contributed by atoms with Crippen molar-refractivity contribution in [2.45, 2.75) is 18.5 Å². The first-order chi connectivity index (χ1) is 15.9. The van der Waals surface area contributed by atoms with E-state index in [1.165, 1.54) is 6.20 Å². The molecule has 0 aliphatic carbocycles. The number of piperazine rings is 1. The lowest BCUT2D eigenvalue weighted by atomic mass is 10.0. The fourth-order valence-electron chi connectivity index (χ4n) is 4.82. The Morgan fingerprint density at radius 2 is 1.97 bits per heavy atom. The molecule has 5 heterocycles. The first kappa shape index (κ1) is 22.3. The van der Waals surface area contributed by atoms with Crippen molar-refractivity contribution in [3.05, 3.63) is 18.2 Å². The highest BCUT2D eigenvalue weighted by molar-refractivity contribution is 5.96. The van der Waals surface area contributed by atoms with Crippen molar-refractivity contribution in [2.75, 3.05) is 62.7 Å². The summed E-state index contributed by atoms with van der Waals surface area (Å²) in [6, 6.07) is 0. The third-order valence-electron chi connectivity index (χ3n) is 6.65. The summed E-state index contributed by atoms with van der Waals surface area (Å²) in [7, 11) is 0. The van der Waals surface area contributed by atoms with Gasteiger partial charge in [-0.1, -0.05) is 0 Å². The first-order valence-corrected chi connectivity index (χ1v) is 11.1. The van der Waals surface area contributed by atoms with Gasteiger partial charge >= 0.3 is 0 Å². The van der Waals surface area contributed by atoms with Gasteiger partial charge in [0, 0.05) is 39.3 Å². The van der Waals surface area contributed by atoms with Crippen molar-refractivity contribution in [2.24, 2.45) is 17.6 Å². The van der Waals surface area contributed by atoms with Gasteiger partial charge < -0.3 is 25.6 Å². The zero-order valence-electron chi connectivity index (χ0n) is 18.0. The molecule has 1 aromatic heterocycles. The molecule has 1 aromatic rings. The summed E-state index contributed by atoms with van der Waals surface area (Å²) in [4.78, 5) is 33.1. The van der Waals surface area contributed by atoms with Gasteiger partial charge in [0.05, 0.1) is 55.5 Å². The molecule has 180 valence electrons. The highest BCUT2D eigenvalue weighted by atomic mass is 19.1. The van der Waals surface area contributed by atoms with Gasteiger partial charge in [0.1, 0.15) is 11.9 Å². The molecule has 5 rings (SSSR count). The summed E-state index contributed by atoms with van der Waals surface area (Å²) >= 11 is 0. The van der Waals surface area contributed by atoms with Crippen LogP contribution in [0.25, 0.3) is 0 Å². The molecule has 33 heavy (non-hydrogen) atoms. The Morgan fingerprint density at radius 3 is 2.67 bits per heavy atom. The number of anilines is 2. The summed E-state index contributed by atoms with van der Waals surface area (Å²) in [5.74, 6) is -1.72. The van der Waals surface area contributed by atoms with Crippen molar-refractivity contribution < 1.29 is 23.1 Å². The number of halogens is 2. The van der Waals surface area contributed by atoms with E-state index in [1.54, 1.807) is 14.8 Å². The van der Waals surface area contributed by atoms with E-state index in [4.69, 9.17) is 10.5 Å². The van der Waals surface area contributed by atoms with Gasteiger partial charge in [-0.15, -0.1) is 0 Å². The molecule has 2 amide bonds. The quantitative estimate of drug-likeness (QED) is 0.417. The Balaban J connectivity index is 1.28. The Morgan fingerprint density at radius 1 is 1.21 bits per heavy atom. The Kier molecular flexibility index (Phi) is 6.14. The number of hydrogen-bond acceptors (Lipinski definition) is 9. The summed E-state index contributed by atoms with van der Waals surface area (Å²) < 4.78 is 33.6. The lowest BCUT2D eigenvalue weighted by Gasteiger charge is -2.39. The van der Waals surface area contributed by atoms with Gasteiger partial charge in [0.15, 0.2) is 5.82 Å². The second-order valence-electron chi connectivity index (χ2n) is 8.84. The van der Waals surface area contributed by atoms with Crippen molar-refractivity contribution in [1.29, 1.82) is 0 Å². The van der Waals surface area contributed by atoms with Crippen LogP contribution in [0.5, 0.6) is 0 Å². The van der Waals surface area contributed by atoms with Crippen LogP contribution in [-0.2, 0) is 14.3 Å². The molecule has 4 aliphatic heterocycles. The van der Waals surface area contributed by atoms with Crippen LogP contribution in [0, 0.1) is 17.7 Å². The van der Waals surface area contributed by atoms with Crippen molar-refractivity contribution in [3.8, 4) is 0 Å². The zero-order valence-corrected chi connectivity index (χ0v) is 18.0. The number of amides is 2. The number of aromatic nitrogens is 1. The smallest absolute Gasteiger partial charge is 0.233 e. The normalized spacial score (nSPS) is 30.6. The van der Waals surface area contributed by atoms with E-state index in [9.17, 15) is 18.4 Å². The Hall–Kier alpha value is -2.45. The molecule has 4 unspecified atom stereocenters. The number of ether oxygens (including phenoxy) is 1. The predicted molar refractivity (Wildman–Crippen MR) is 114 cm³/mol. The number of nitrogens with two attached hydrogens (primary N) is 1. The van der Waals surface area contributed by atoms with Crippen LogP contribution in [-0.4, -0.2) is 97.7 Å². The molecule has 13 heteroatoms. The van der Waals surface area contributed by atoms with Crippen LogP contribution in [0.3, 0.4) is 0 Å². The van der Waals surface area contributed by atoms with Crippen LogP contribution in [0.2, 0.25) is 0 Å². The summed E-state index contributed by atoms with van der Waals surface area (Å²) in [6.45, 7) is 2.89. The van der Waals surface area contributed by atoms with E-state index in [0.29, 0.717) is 39.4 Å². The van der Waals surface area contributed by atoms with Gasteiger partial charge in [-0.2, -0.15) is 0 Å². The predicted octanol–water partition coefficient (Wildman–Crippen LogP) is -1.56. The summed E-state index contributed by atoms with van der Waals surface area (Å²) in [5.41, 5.74) is 9.50. The average Bonchev–Trinajstić information content (AvgIpc) is 3.07. The monoisotopic (exact) mass is 466 g/mol. The van der Waals surface area contributed by atoms with E-state index < -0.39 is 36.1 Å². The molecule has 4 fully saturated rings. The number of carbonyl (C=O) groups is 2. The third kappa shape index (κ3) is 4.26. The lowest BCUT2D eigenvalue weighted by Crippen LogP contribution is -2.58. The molecule has 11 nitrogen and oxygen atoms in total. The van der Waals surface area contributed by atoms with Crippen LogP contribution in [0.15, 0.2) is 12.4 Å². The molecular formula is C20H28F2N8O3. The summed E-state index contributed by atoms with van der Waals surface area (Å²) in [6.07, 6.45) is 0.244. The highest BCUT2D eigenvalue weighted by Gasteiger charge is 2.47. The Bertz CT molecular complexity index is 911. The Labute approximate surface area is 189 Å². The highest BCUT2D eigenvalue weighted by Crippen LogP contribution is 2.31. The maximum atomic E-state index is 14.8. The zero-order chi connectivity index (χ0) is 23.1. The number of fused-ring (bicyclic) bond motifs is 1. The first-order valence-electron chi connectivity index (χ1n) is 11.1. The maximum absolute atomic E-state index is 14.8. The molecule has 0 spiro atoms. The molecule has 0 radical (unpaired) electrons. The van der Waals surface area contributed by atoms with Gasteiger partial charge in [0.25, 0.3) is 0 Å². The van der Waals surface area contributed by atoms with Crippen molar-refractivity contribution in [3.63, 3.8) is 0 Å². The third-order valence-corrected chi connectivity index (χ3v) is 6.65. The number of hydrazine groups is 1. The number of nitrogens with zero attached hydrogens (tertiary/aromatic N) is 4. The average molecular weight is 466 g/mol. The molecule has 4 saturated heterocycles. The number of rotatable bonds is 4. The van der Waals surface area contributed by atoms with Crippen molar-refractivity contribution >= 4 is 23.2 Å². The SMILES string of the molecule is NC1NN2CC(F)CNC2C1C(=O)Nc1cncc(F)c1N1CCN(C(=O)C2COC2)CC1. The number of carbonyl (C=O) groups excluding carboxylic acids is 2. The second kappa shape index (κ2) is 9.06. The number of pyridine rings is 1. The van der Waals surface area contributed by atoms with E-state index in [-0.39, 0.29) is 36.3 Å². The minimum absolute atomic E-state index is 0.0624. The second-order valence-corrected chi connectivity index (χ2v) is 8.84. The number of hydrogen-bond donors (Lipinski definition) is 4. The van der Waals surface area contributed by atoms with Crippen molar-refractivity contribution in [1.82, 2.24) is 25.6 Å². The largest absolute Gasteiger partial charge is 0.380 e. The van der Waals surface area contributed by atoms with E-state index >= 15 is 0 Å². The van der Waals surface area contributed by atoms with Crippen LogP contribution in [0.4, 0.5) is 20.2 Å². The molecule has 0 aromatic carbocycles. The lowest BCUT2D eigenvalue weighted by molar-refractivity contribution is -0.150. The fourth-order valence-corrected chi connectivity index (χ4v) is 4.82. The van der Waals surface area contributed by atoms with Gasteiger partial charge in [0.2, 0.25) is 11.8 Å². The van der Waals surface area contributed by atoms with Crippen LogP contribution >= 0.6 is 0 Å². The standard InChI is InChI=1S/C20H28F2N8O3/c21-12-5-25-18-15(17(23)27-30(18)8-12)19(31)26-14-7-24-6-13(22)16(14)28-1-3-29(4-2-28)20(32)11-9-33-10-11/h6-7,11-12,15,17-18,25,27H,1-5,8-10,23H2,(H,26,31).